The van der Waals surface area contributed by atoms with Crippen LogP contribution in [0.2, 0.25) is 0 Å². The van der Waals surface area contributed by atoms with Gasteiger partial charge in [0.2, 0.25) is 0 Å². The van der Waals surface area contributed by atoms with Gasteiger partial charge in [-0.05, 0) is 11.5 Å². The van der Waals surface area contributed by atoms with E-state index in [0.717, 1.165) is 5.75 Å². The number of thioether (sulfide) groups is 3. The molecule has 0 radical (unpaired) electrons. The zero-order valence-electron chi connectivity index (χ0n) is 7.94. The molecule has 0 fully saturated rings. The first-order valence-electron chi connectivity index (χ1n) is 4.37. The molecule has 0 bridgehead atoms. The SMILES string of the molecule is CCSCC(S)SCCSCCS. The maximum Gasteiger partial charge on any atom is 0.0562 e. The summed E-state index contributed by atoms with van der Waals surface area (Å²) in [4.78, 5) is 0. The first-order chi connectivity index (χ1) is 6.31. The fourth-order valence-electron chi connectivity index (χ4n) is 0.676. The minimum atomic E-state index is 0.515. The number of hydrogen-bond acceptors (Lipinski definition) is 5. The van der Waals surface area contributed by atoms with Gasteiger partial charge in [-0.25, -0.2) is 0 Å². The highest BCUT2D eigenvalue weighted by molar-refractivity contribution is 8.12. The molecule has 0 saturated heterocycles. The minimum absolute atomic E-state index is 0.515. The molecule has 0 aromatic rings. The normalized spacial score (nSPS) is 13.2. The van der Waals surface area contributed by atoms with Crippen LogP contribution < -0.4 is 0 Å². The Kier molecular flexibility index (Phi) is 13.4. The van der Waals surface area contributed by atoms with Crippen LogP contribution in [0.4, 0.5) is 0 Å². The highest BCUT2D eigenvalue weighted by Crippen LogP contribution is 2.20. The van der Waals surface area contributed by atoms with Crippen molar-refractivity contribution in [2.45, 2.75) is 11.5 Å². The summed E-state index contributed by atoms with van der Waals surface area (Å²) in [6.07, 6.45) is 0. The molecule has 1 atom stereocenters. The van der Waals surface area contributed by atoms with E-state index >= 15 is 0 Å². The third kappa shape index (κ3) is 11.7. The van der Waals surface area contributed by atoms with Gasteiger partial charge in [0.05, 0.1) is 4.58 Å². The van der Waals surface area contributed by atoms with Gasteiger partial charge in [-0.15, -0.1) is 11.8 Å². The maximum absolute atomic E-state index is 4.51. The highest BCUT2D eigenvalue weighted by atomic mass is 32.2. The van der Waals surface area contributed by atoms with Crippen molar-refractivity contribution in [2.75, 3.05) is 34.5 Å². The van der Waals surface area contributed by atoms with Crippen molar-refractivity contribution in [3.63, 3.8) is 0 Å². The molecular formula is C8H18S5. The van der Waals surface area contributed by atoms with Crippen molar-refractivity contribution in [3.05, 3.63) is 0 Å². The molecule has 1 unspecified atom stereocenters. The lowest BCUT2D eigenvalue weighted by Gasteiger charge is -2.08. The summed E-state index contributed by atoms with van der Waals surface area (Å²) in [5.74, 6) is 6.99. The second-order valence-corrected chi connectivity index (χ2v) is 7.60. The Labute approximate surface area is 106 Å². The molecule has 0 aromatic heterocycles. The van der Waals surface area contributed by atoms with E-state index in [4.69, 9.17) is 0 Å². The first-order valence-corrected chi connectivity index (χ1v) is 8.88. The summed E-state index contributed by atoms with van der Waals surface area (Å²) >= 11 is 14.6. The second kappa shape index (κ2) is 11.8. The third-order valence-corrected chi connectivity index (χ3v) is 6.06. The topological polar surface area (TPSA) is 0 Å². The number of hydrogen-bond donors (Lipinski definition) is 2. The molecule has 0 aliphatic heterocycles. The molecule has 0 nitrogen and oxygen atoms in total. The van der Waals surface area contributed by atoms with Crippen molar-refractivity contribution in [2.24, 2.45) is 0 Å². The molecule has 0 saturated carbocycles. The van der Waals surface area contributed by atoms with Gasteiger partial charge in [0.25, 0.3) is 0 Å². The summed E-state index contributed by atoms with van der Waals surface area (Å²) in [5, 5.41) is 0. The van der Waals surface area contributed by atoms with Crippen LogP contribution in [-0.2, 0) is 0 Å². The molecule has 0 rings (SSSR count). The highest BCUT2D eigenvalue weighted by Gasteiger charge is 2.01. The summed E-state index contributed by atoms with van der Waals surface area (Å²) in [6, 6.07) is 0. The van der Waals surface area contributed by atoms with Crippen molar-refractivity contribution < 1.29 is 0 Å². The molecule has 80 valence electrons. The van der Waals surface area contributed by atoms with Gasteiger partial charge in [0.1, 0.15) is 0 Å². The van der Waals surface area contributed by atoms with Crippen LogP contribution in [0.15, 0.2) is 0 Å². The predicted molar refractivity (Wildman–Crippen MR) is 79.4 cm³/mol. The van der Waals surface area contributed by atoms with Crippen LogP contribution in [0.3, 0.4) is 0 Å². The monoisotopic (exact) mass is 274 g/mol. The molecule has 0 heterocycles. The molecule has 5 heteroatoms. The van der Waals surface area contributed by atoms with E-state index in [0.29, 0.717) is 4.58 Å². The number of thiol groups is 2. The molecule has 0 spiro atoms. The Morgan fingerprint density at radius 1 is 1.15 bits per heavy atom. The zero-order valence-corrected chi connectivity index (χ0v) is 12.2. The van der Waals surface area contributed by atoms with Crippen molar-refractivity contribution in [3.8, 4) is 0 Å². The molecule has 0 amide bonds. The molecular weight excluding hydrogens is 256 g/mol. The Bertz CT molecular complexity index is 98.5. The minimum Gasteiger partial charge on any atom is -0.179 e. The van der Waals surface area contributed by atoms with Crippen LogP contribution in [0, 0.1) is 0 Å². The van der Waals surface area contributed by atoms with Gasteiger partial charge in [-0.1, -0.05) is 6.92 Å². The summed E-state index contributed by atoms with van der Waals surface area (Å²) in [5.41, 5.74) is 0. The van der Waals surface area contributed by atoms with Crippen LogP contribution in [0.5, 0.6) is 0 Å². The molecule has 0 aromatic carbocycles. The van der Waals surface area contributed by atoms with E-state index < -0.39 is 0 Å². The fraction of sp³-hybridized carbons (Fsp3) is 1.00. The van der Waals surface area contributed by atoms with Gasteiger partial charge < -0.3 is 0 Å². The quantitative estimate of drug-likeness (QED) is 0.376. The predicted octanol–water partition coefficient (Wildman–Crippen LogP) is 3.39. The fourth-order valence-corrected chi connectivity index (χ4v) is 4.27. The largest absolute Gasteiger partial charge is 0.179 e. The average molecular weight is 275 g/mol. The van der Waals surface area contributed by atoms with Crippen molar-refractivity contribution in [1.82, 2.24) is 0 Å². The molecule has 0 aliphatic rings. The van der Waals surface area contributed by atoms with E-state index in [9.17, 15) is 0 Å². The Hall–Kier alpha value is 1.75. The van der Waals surface area contributed by atoms with Crippen LogP contribution in [0.25, 0.3) is 0 Å². The standard InChI is InChI=1S/C8H18S5/c1-2-11-7-8(10)13-6-5-12-4-3-9/h8-10H,2-7H2,1H3. The van der Waals surface area contributed by atoms with E-state index in [-0.39, 0.29) is 0 Å². The lowest BCUT2D eigenvalue weighted by molar-refractivity contribution is 1.40. The summed E-state index contributed by atoms with van der Waals surface area (Å²) in [6.45, 7) is 2.19. The van der Waals surface area contributed by atoms with Gasteiger partial charge in [0.15, 0.2) is 0 Å². The molecule has 13 heavy (non-hydrogen) atoms. The van der Waals surface area contributed by atoms with Crippen LogP contribution >= 0.6 is 60.5 Å². The lowest BCUT2D eigenvalue weighted by atomic mass is 10.9. The maximum atomic E-state index is 4.51. The number of rotatable bonds is 9. The van der Waals surface area contributed by atoms with Gasteiger partial charge >= 0.3 is 0 Å². The Morgan fingerprint density at radius 2 is 1.92 bits per heavy atom. The Balaban J connectivity index is 3.03. The molecule has 0 aliphatic carbocycles. The second-order valence-electron chi connectivity index (χ2n) is 2.32. The molecule has 0 N–H and O–H groups in total. The smallest absolute Gasteiger partial charge is 0.0562 e. The van der Waals surface area contributed by atoms with E-state index in [1.54, 1.807) is 0 Å². The average Bonchev–Trinajstić information content (AvgIpc) is 2.14. The van der Waals surface area contributed by atoms with Crippen LogP contribution in [0.1, 0.15) is 6.92 Å². The van der Waals surface area contributed by atoms with E-state index in [1.165, 1.54) is 28.8 Å². The summed E-state index contributed by atoms with van der Waals surface area (Å²) < 4.78 is 0.515. The lowest BCUT2D eigenvalue weighted by Crippen LogP contribution is -1.99. The zero-order chi connectivity index (χ0) is 9.94. The van der Waals surface area contributed by atoms with Crippen LogP contribution in [-0.4, -0.2) is 39.1 Å². The van der Waals surface area contributed by atoms with Gasteiger partial charge in [-0.3, -0.25) is 0 Å². The van der Waals surface area contributed by atoms with Crippen molar-refractivity contribution in [1.29, 1.82) is 0 Å². The third-order valence-electron chi connectivity index (χ3n) is 1.24. The van der Waals surface area contributed by atoms with Crippen molar-refractivity contribution >= 4 is 60.5 Å². The van der Waals surface area contributed by atoms with Gasteiger partial charge in [-0.2, -0.15) is 48.8 Å². The first kappa shape index (κ1) is 14.8. The summed E-state index contributed by atoms with van der Waals surface area (Å²) in [7, 11) is 0. The van der Waals surface area contributed by atoms with E-state index in [2.05, 4.69) is 32.2 Å². The Morgan fingerprint density at radius 3 is 2.54 bits per heavy atom. The van der Waals surface area contributed by atoms with E-state index in [1.807, 2.05) is 35.3 Å². The van der Waals surface area contributed by atoms with Gasteiger partial charge in [0, 0.05) is 23.0 Å².